The van der Waals surface area contributed by atoms with E-state index in [0.717, 1.165) is 23.3 Å². The number of nitrogens with zero attached hydrogens (tertiary/aromatic N) is 2. The summed E-state index contributed by atoms with van der Waals surface area (Å²) in [5, 5.41) is 5.13. The van der Waals surface area contributed by atoms with Crippen LogP contribution >= 0.6 is 0 Å². The highest BCUT2D eigenvalue weighted by Gasteiger charge is 2.29. The van der Waals surface area contributed by atoms with Crippen LogP contribution in [0.25, 0.3) is 11.4 Å². The Balaban J connectivity index is 1.46. The molecule has 144 valence electrons. The van der Waals surface area contributed by atoms with Crippen molar-refractivity contribution in [3.05, 3.63) is 78.1 Å². The van der Waals surface area contributed by atoms with Gasteiger partial charge in [-0.3, -0.25) is 0 Å². The number of aromatic nitrogens is 2. The first-order valence-corrected chi connectivity index (χ1v) is 8.50. The van der Waals surface area contributed by atoms with Crippen molar-refractivity contribution in [1.29, 1.82) is 0 Å². The van der Waals surface area contributed by atoms with Gasteiger partial charge in [0.25, 0.3) is 0 Å². The summed E-state index contributed by atoms with van der Waals surface area (Å²) in [4.78, 5) is 20.5. The number of halogens is 3. The van der Waals surface area contributed by atoms with Gasteiger partial charge in [-0.15, -0.1) is 0 Å². The topological polar surface area (TPSA) is 66.9 Å². The monoisotopic (exact) mass is 386 g/mol. The van der Waals surface area contributed by atoms with Crippen molar-refractivity contribution in [2.24, 2.45) is 0 Å². The lowest BCUT2D eigenvalue weighted by Crippen LogP contribution is -2.30. The second-order valence-corrected chi connectivity index (χ2v) is 5.99. The van der Waals surface area contributed by atoms with E-state index in [-0.39, 0.29) is 5.69 Å². The zero-order chi connectivity index (χ0) is 20.0. The van der Waals surface area contributed by atoms with Gasteiger partial charge in [0.15, 0.2) is 5.82 Å². The predicted octanol–water partition coefficient (Wildman–Crippen LogP) is 4.53. The van der Waals surface area contributed by atoms with Crippen LogP contribution in [0.4, 0.5) is 23.7 Å². The number of anilines is 1. The fourth-order valence-electron chi connectivity index (χ4n) is 2.46. The van der Waals surface area contributed by atoms with E-state index in [0.29, 0.717) is 18.8 Å². The van der Waals surface area contributed by atoms with Gasteiger partial charge in [-0.1, -0.05) is 30.3 Å². The van der Waals surface area contributed by atoms with E-state index in [1.165, 1.54) is 12.1 Å². The summed E-state index contributed by atoms with van der Waals surface area (Å²) in [6, 6.07) is 13.3. The zero-order valence-corrected chi connectivity index (χ0v) is 14.7. The molecule has 28 heavy (non-hydrogen) atoms. The molecular formula is C20H17F3N4O. The van der Waals surface area contributed by atoms with Crippen LogP contribution in [0.1, 0.15) is 11.1 Å². The first kappa shape index (κ1) is 19.3. The fraction of sp³-hybridized carbons (Fsp3) is 0.150. The number of hydrogen-bond donors (Lipinski definition) is 2. The van der Waals surface area contributed by atoms with Crippen LogP contribution in [0.2, 0.25) is 0 Å². The summed E-state index contributed by atoms with van der Waals surface area (Å²) >= 11 is 0. The van der Waals surface area contributed by atoms with Crippen molar-refractivity contribution in [2.45, 2.75) is 12.6 Å². The Morgan fingerprint density at radius 1 is 0.929 bits per heavy atom. The molecule has 0 aliphatic rings. The number of rotatable bonds is 5. The van der Waals surface area contributed by atoms with E-state index in [4.69, 9.17) is 0 Å². The Hall–Kier alpha value is -3.42. The lowest BCUT2D eigenvalue weighted by molar-refractivity contribution is -0.137. The number of hydrogen-bond acceptors (Lipinski definition) is 3. The Kier molecular flexibility index (Phi) is 5.88. The van der Waals surface area contributed by atoms with Crippen LogP contribution < -0.4 is 10.6 Å². The van der Waals surface area contributed by atoms with Gasteiger partial charge < -0.3 is 10.6 Å². The first-order valence-electron chi connectivity index (χ1n) is 8.50. The minimum Gasteiger partial charge on any atom is -0.338 e. The van der Waals surface area contributed by atoms with E-state index < -0.39 is 17.8 Å². The van der Waals surface area contributed by atoms with Gasteiger partial charge in [0, 0.05) is 30.2 Å². The first-order chi connectivity index (χ1) is 13.4. The normalized spacial score (nSPS) is 11.1. The molecule has 0 aliphatic heterocycles. The molecule has 0 bridgehead atoms. The van der Waals surface area contributed by atoms with E-state index in [1.54, 1.807) is 12.4 Å². The summed E-state index contributed by atoms with van der Waals surface area (Å²) in [6.07, 6.45) is -0.482. The van der Waals surface area contributed by atoms with Crippen molar-refractivity contribution in [3.8, 4) is 11.4 Å². The van der Waals surface area contributed by atoms with Crippen molar-refractivity contribution < 1.29 is 18.0 Å². The summed E-state index contributed by atoms with van der Waals surface area (Å²) in [6.45, 7) is 0.334. The Morgan fingerprint density at radius 3 is 2.18 bits per heavy atom. The van der Waals surface area contributed by atoms with Crippen molar-refractivity contribution in [2.75, 3.05) is 11.9 Å². The van der Waals surface area contributed by atoms with Crippen LogP contribution in [-0.4, -0.2) is 22.5 Å². The lowest BCUT2D eigenvalue weighted by atomic mass is 10.2. The molecule has 3 aromatic rings. The molecule has 5 nitrogen and oxygen atoms in total. The maximum absolute atomic E-state index is 12.5. The zero-order valence-electron chi connectivity index (χ0n) is 14.7. The van der Waals surface area contributed by atoms with E-state index in [2.05, 4.69) is 20.6 Å². The molecule has 1 heterocycles. The summed E-state index contributed by atoms with van der Waals surface area (Å²) in [5.41, 5.74) is 1.29. The summed E-state index contributed by atoms with van der Waals surface area (Å²) in [5.74, 6) is 0.623. The van der Waals surface area contributed by atoms with Gasteiger partial charge in [-0.05, 0) is 36.2 Å². The average Bonchev–Trinajstić information content (AvgIpc) is 2.69. The number of amides is 2. The maximum Gasteiger partial charge on any atom is 0.416 e. The molecule has 0 fully saturated rings. The number of benzene rings is 2. The number of nitrogens with one attached hydrogen (secondary N) is 2. The second kappa shape index (κ2) is 8.51. The van der Waals surface area contributed by atoms with Crippen LogP contribution in [-0.2, 0) is 12.6 Å². The van der Waals surface area contributed by atoms with Gasteiger partial charge in [0.05, 0.1) is 5.56 Å². The molecule has 8 heteroatoms. The highest BCUT2D eigenvalue weighted by atomic mass is 19.4. The third-order valence-corrected chi connectivity index (χ3v) is 3.91. The van der Waals surface area contributed by atoms with Gasteiger partial charge in [-0.25, -0.2) is 14.8 Å². The molecule has 2 aromatic carbocycles. The van der Waals surface area contributed by atoms with Crippen molar-refractivity contribution in [1.82, 2.24) is 15.3 Å². The van der Waals surface area contributed by atoms with Gasteiger partial charge in [0.2, 0.25) is 0 Å². The summed E-state index contributed by atoms with van der Waals surface area (Å²) < 4.78 is 37.6. The number of urea groups is 1. The highest BCUT2D eigenvalue weighted by molar-refractivity contribution is 5.89. The van der Waals surface area contributed by atoms with Crippen molar-refractivity contribution in [3.63, 3.8) is 0 Å². The Labute approximate surface area is 159 Å². The molecule has 2 N–H and O–H groups in total. The predicted molar refractivity (Wildman–Crippen MR) is 99.6 cm³/mol. The number of carbonyl (C=O) groups excluding carboxylic acids is 1. The lowest BCUT2D eigenvalue weighted by Gasteiger charge is -2.10. The van der Waals surface area contributed by atoms with Gasteiger partial charge in [0.1, 0.15) is 0 Å². The molecule has 1 aromatic heterocycles. The summed E-state index contributed by atoms with van der Waals surface area (Å²) in [7, 11) is 0. The van der Waals surface area contributed by atoms with Gasteiger partial charge in [-0.2, -0.15) is 13.2 Å². The molecule has 0 atom stereocenters. The van der Waals surface area contributed by atoms with Gasteiger partial charge >= 0.3 is 12.2 Å². The Morgan fingerprint density at radius 2 is 1.57 bits per heavy atom. The molecule has 0 aliphatic carbocycles. The standard InChI is InChI=1S/C20H17F3N4O/c21-20(22,23)16-6-8-17(9-7-16)27-19(28)24-11-10-14-12-25-18(26-13-14)15-4-2-1-3-5-15/h1-9,12-13H,10-11H2,(H2,24,27,28). The Bertz CT molecular complexity index is 911. The average molecular weight is 386 g/mol. The molecular weight excluding hydrogens is 369 g/mol. The fourth-order valence-corrected chi connectivity index (χ4v) is 2.46. The molecule has 0 saturated heterocycles. The van der Waals surface area contributed by atoms with E-state index >= 15 is 0 Å². The molecule has 0 saturated carbocycles. The third kappa shape index (κ3) is 5.29. The number of carbonyl (C=O) groups is 1. The van der Waals surface area contributed by atoms with E-state index in [1.807, 2.05) is 30.3 Å². The molecule has 0 spiro atoms. The molecule has 3 rings (SSSR count). The number of alkyl halides is 3. The molecule has 2 amide bonds. The smallest absolute Gasteiger partial charge is 0.338 e. The van der Waals surface area contributed by atoms with E-state index in [9.17, 15) is 18.0 Å². The largest absolute Gasteiger partial charge is 0.416 e. The SMILES string of the molecule is O=C(NCCc1cnc(-c2ccccc2)nc1)Nc1ccc(C(F)(F)F)cc1. The van der Waals surface area contributed by atoms with Crippen molar-refractivity contribution >= 4 is 11.7 Å². The van der Waals surface area contributed by atoms with Crippen LogP contribution in [0.15, 0.2) is 67.0 Å². The minimum atomic E-state index is -4.40. The minimum absolute atomic E-state index is 0.279. The third-order valence-electron chi connectivity index (χ3n) is 3.91. The highest BCUT2D eigenvalue weighted by Crippen LogP contribution is 2.29. The van der Waals surface area contributed by atoms with Crippen LogP contribution in [0.5, 0.6) is 0 Å². The van der Waals surface area contributed by atoms with Crippen LogP contribution in [0.3, 0.4) is 0 Å². The molecule has 0 radical (unpaired) electrons. The maximum atomic E-state index is 12.5. The quantitative estimate of drug-likeness (QED) is 0.677. The molecule has 0 unspecified atom stereocenters. The second-order valence-electron chi connectivity index (χ2n) is 5.99. The van der Waals surface area contributed by atoms with Crippen LogP contribution in [0, 0.1) is 0 Å².